The predicted molar refractivity (Wildman–Crippen MR) is 113 cm³/mol. The van der Waals surface area contributed by atoms with E-state index in [1.54, 1.807) is 0 Å². The lowest BCUT2D eigenvalue weighted by atomic mass is 10.1. The number of ether oxygens (including phenoxy) is 1. The monoisotopic (exact) mass is 403 g/mol. The van der Waals surface area contributed by atoms with Gasteiger partial charge in [0.1, 0.15) is 6.54 Å². The largest absolute Gasteiger partial charge is 0.379 e. The van der Waals surface area contributed by atoms with Crippen molar-refractivity contribution in [2.24, 2.45) is 0 Å². The number of benzene rings is 1. The van der Waals surface area contributed by atoms with E-state index < -0.39 is 0 Å². The van der Waals surface area contributed by atoms with Crippen molar-refractivity contribution in [1.29, 1.82) is 0 Å². The lowest BCUT2D eigenvalue weighted by Crippen LogP contribution is -2.37. The van der Waals surface area contributed by atoms with Gasteiger partial charge in [-0.2, -0.15) is 0 Å². The molecule has 1 saturated carbocycles. The molecule has 1 N–H and O–H groups in total. The van der Waals surface area contributed by atoms with Gasteiger partial charge in [-0.3, -0.25) is 9.69 Å². The van der Waals surface area contributed by atoms with Crippen LogP contribution in [0.4, 0.5) is 0 Å². The van der Waals surface area contributed by atoms with Gasteiger partial charge in [0.15, 0.2) is 0 Å². The number of hydrogen-bond donors (Lipinski definition) is 1. The minimum absolute atomic E-state index is 0.113. The number of amides is 1. The Hall–Kier alpha value is -1.56. The number of halogens is 1. The highest BCUT2D eigenvalue weighted by atomic mass is 35.5. The Morgan fingerprint density at radius 1 is 1.25 bits per heavy atom. The molecule has 0 bridgehead atoms. The molecule has 1 saturated heterocycles. The predicted octanol–water partition coefficient (Wildman–Crippen LogP) is 3.54. The molecular formula is C22H30ClN3O2. The molecule has 2 heterocycles. The van der Waals surface area contributed by atoms with Gasteiger partial charge >= 0.3 is 0 Å². The third kappa shape index (κ3) is 4.37. The van der Waals surface area contributed by atoms with Crippen molar-refractivity contribution in [1.82, 2.24) is 14.8 Å². The van der Waals surface area contributed by atoms with Gasteiger partial charge in [-0.25, -0.2) is 0 Å². The standard InChI is InChI=1S/C22H30ClN3O2/c1-16-19(8-9-25-10-12-28-13-11-25)20-14-17(23)6-7-21(20)26(16)15-22(27)24-18-4-2-3-5-18/h6-7,14,18H,2-5,8-13,15H2,1H3,(H,24,27). The van der Waals surface area contributed by atoms with Crippen LogP contribution in [0.1, 0.15) is 36.9 Å². The molecule has 1 aliphatic heterocycles. The van der Waals surface area contributed by atoms with Crippen molar-refractivity contribution in [3.63, 3.8) is 0 Å². The van der Waals surface area contributed by atoms with E-state index >= 15 is 0 Å². The SMILES string of the molecule is Cc1c(CCN2CCOCC2)c2cc(Cl)ccc2n1CC(=O)NC1CCCC1. The van der Waals surface area contributed by atoms with Gasteiger partial charge in [0.2, 0.25) is 5.91 Å². The number of fused-ring (bicyclic) bond motifs is 1. The zero-order chi connectivity index (χ0) is 19.5. The van der Waals surface area contributed by atoms with Crippen LogP contribution in [0.15, 0.2) is 18.2 Å². The summed E-state index contributed by atoms with van der Waals surface area (Å²) in [5.41, 5.74) is 3.57. The molecular weight excluding hydrogens is 374 g/mol. The third-order valence-electron chi connectivity index (χ3n) is 6.22. The van der Waals surface area contributed by atoms with Crippen LogP contribution in [-0.4, -0.2) is 54.3 Å². The van der Waals surface area contributed by atoms with Crippen molar-refractivity contribution in [2.75, 3.05) is 32.8 Å². The van der Waals surface area contributed by atoms with Crippen molar-refractivity contribution < 1.29 is 9.53 Å². The van der Waals surface area contributed by atoms with Gasteiger partial charge in [0, 0.05) is 47.3 Å². The number of carbonyl (C=O) groups is 1. The van der Waals surface area contributed by atoms with Crippen LogP contribution in [0.3, 0.4) is 0 Å². The molecule has 6 heteroatoms. The molecule has 2 aromatic rings. The lowest BCUT2D eigenvalue weighted by Gasteiger charge is -2.26. The number of nitrogens with zero attached hydrogens (tertiary/aromatic N) is 2. The van der Waals surface area contributed by atoms with E-state index in [0.29, 0.717) is 12.6 Å². The highest BCUT2D eigenvalue weighted by molar-refractivity contribution is 6.31. The van der Waals surface area contributed by atoms with Crippen molar-refractivity contribution in [2.45, 2.75) is 51.6 Å². The molecule has 4 rings (SSSR count). The van der Waals surface area contributed by atoms with Gasteiger partial charge in [-0.1, -0.05) is 24.4 Å². The lowest BCUT2D eigenvalue weighted by molar-refractivity contribution is -0.122. The molecule has 152 valence electrons. The Morgan fingerprint density at radius 2 is 2.00 bits per heavy atom. The summed E-state index contributed by atoms with van der Waals surface area (Å²) in [5.74, 6) is 0.113. The van der Waals surface area contributed by atoms with Crippen LogP contribution in [0, 0.1) is 6.92 Å². The Balaban J connectivity index is 1.55. The molecule has 2 aliphatic rings. The second-order valence-corrected chi connectivity index (χ2v) is 8.50. The second-order valence-electron chi connectivity index (χ2n) is 8.06. The summed E-state index contributed by atoms with van der Waals surface area (Å²) < 4.78 is 7.61. The molecule has 1 amide bonds. The second kappa shape index (κ2) is 8.85. The average Bonchev–Trinajstić information content (AvgIpc) is 3.28. The normalized spacial score (nSPS) is 18.8. The fourth-order valence-electron chi connectivity index (χ4n) is 4.62. The smallest absolute Gasteiger partial charge is 0.240 e. The first-order chi connectivity index (χ1) is 13.6. The van der Waals surface area contributed by atoms with Crippen LogP contribution < -0.4 is 5.32 Å². The molecule has 2 fully saturated rings. The molecule has 5 nitrogen and oxygen atoms in total. The Kier molecular flexibility index (Phi) is 6.24. The summed E-state index contributed by atoms with van der Waals surface area (Å²) in [6.45, 7) is 7.11. The van der Waals surface area contributed by atoms with Gasteiger partial charge < -0.3 is 14.6 Å². The summed E-state index contributed by atoms with van der Waals surface area (Å²) in [6.07, 6.45) is 5.62. The molecule has 1 aromatic heterocycles. The molecule has 0 radical (unpaired) electrons. The van der Waals surface area contributed by atoms with E-state index in [9.17, 15) is 4.79 Å². The van der Waals surface area contributed by atoms with Gasteiger partial charge in [0.25, 0.3) is 0 Å². The number of aromatic nitrogens is 1. The van der Waals surface area contributed by atoms with E-state index in [2.05, 4.69) is 21.7 Å². The fourth-order valence-corrected chi connectivity index (χ4v) is 4.80. The number of carbonyl (C=O) groups excluding carboxylic acids is 1. The van der Waals surface area contributed by atoms with Crippen LogP contribution in [-0.2, 0) is 22.5 Å². The molecule has 0 unspecified atom stereocenters. The first-order valence-corrected chi connectivity index (χ1v) is 10.9. The fraction of sp³-hybridized carbons (Fsp3) is 0.591. The third-order valence-corrected chi connectivity index (χ3v) is 6.45. The van der Waals surface area contributed by atoms with Gasteiger partial charge in [-0.15, -0.1) is 0 Å². The van der Waals surface area contributed by atoms with Crippen molar-refractivity contribution >= 4 is 28.4 Å². The van der Waals surface area contributed by atoms with E-state index in [-0.39, 0.29) is 5.91 Å². The Morgan fingerprint density at radius 3 is 2.75 bits per heavy atom. The Labute approximate surface area is 172 Å². The van der Waals surface area contributed by atoms with E-state index in [4.69, 9.17) is 16.3 Å². The van der Waals surface area contributed by atoms with Crippen LogP contribution >= 0.6 is 11.6 Å². The van der Waals surface area contributed by atoms with E-state index in [1.807, 2.05) is 18.2 Å². The minimum atomic E-state index is 0.113. The first-order valence-electron chi connectivity index (χ1n) is 10.5. The zero-order valence-electron chi connectivity index (χ0n) is 16.7. The zero-order valence-corrected chi connectivity index (χ0v) is 17.4. The first kappa shape index (κ1) is 19.7. The summed E-state index contributed by atoms with van der Waals surface area (Å²) in [6, 6.07) is 6.36. The van der Waals surface area contributed by atoms with Crippen molar-refractivity contribution in [3.05, 3.63) is 34.5 Å². The van der Waals surface area contributed by atoms with Crippen LogP contribution in [0.2, 0.25) is 5.02 Å². The van der Waals surface area contributed by atoms with Crippen LogP contribution in [0.5, 0.6) is 0 Å². The highest BCUT2D eigenvalue weighted by Gasteiger charge is 2.21. The topological polar surface area (TPSA) is 46.5 Å². The molecule has 0 atom stereocenters. The van der Waals surface area contributed by atoms with Crippen LogP contribution in [0.25, 0.3) is 10.9 Å². The van der Waals surface area contributed by atoms with Crippen molar-refractivity contribution in [3.8, 4) is 0 Å². The summed E-state index contributed by atoms with van der Waals surface area (Å²) >= 11 is 6.30. The van der Waals surface area contributed by atoms with Gasteiger partial charge in [-0.05, 0) is 49.9 Å². The van der Waals surface area contributed by atoms with E-state index in [1.165, 1.54) is 29.5 Å². The quantitative estimate of drug-likeness (QED) is 0.802. The maximum Gasteiger partial charge on any atom is 0.240 e. The summed E-state index contributed by atoms with van der Waals surface area (Å²) in [7, 11) is 0. The maximum atomic E-state index is 12.7. The van der Waals surface area contributed by atoms with Gasteiger partial charge in [0.05, 0.1) is 13.2 Å². The number of hydrogen-bond acceptors (Lipinski definition) is 3. The maximum absolute atomic E-state index is 12.7. The minimum Gasteiger partial charge on any atom is -0.379 e. The number of morpholine rings is 1. The Bertz CT molecular complexity index is 836. The molecule has 0 spiro atoms. The number of nitrogens with one attached hydrogen (secondary N) is 1. The summed E-state index contributed by atoms with van der Waals surface area (Å²) in [5, 5.41) is 5.13. The molecule has 28 heavy (non-hydrogen) atoms. The molecule has 1 aromatic carbocycles. The highest BCUT2D eigenvalue weighted by Crippen LogP contribution is 2.29. The van der Waals surface area contributed by atoms with E-state index in [0.717, 1.165) is 62.6 Å². The average molecular weight is 404 g/mol. The molecule has 1 aliphatic carbocycles. The number of rotatable bonds is 6. The summed E-state index contributed by atoms with van der Waals surface area (Å²) in [4.78, 5) is 15.1.